The van der Waals surface area contributed by atoms with Gasteiger partial charge in [-0.3, -0.25) is 19.9 Å². The lowest BCUT2D eigenvalue weighted by Crippen LogP contribution is -2.53. The molecule has 2 fully saturated rings. The van der Waals surface area contributed by atoms with Gasteiger partial charge < -0.3 is 25.2 Å². The molecule has 40 heavy (non-hydrogen) atoms. The molecule has 3 N–H and O–H groups in total. The number of guanidine groups is 1. The van der Waals surface area contributed by atoms with Gasteiger partial charge in [0.1, 0.15) is 17.9 Å². The smallest absolute Gasteiger partial charge is 0.247 e. The Morgan fingerprint density at radius 1 is 1.12 bits per heavy atom. The van der Waals surface area contributed by atoms with E-state index in [4.69, 9.17) is 21.6 Å². The highest BCUT2D eigenvalue weighted by Gasteiger charge is 2.32. The van der Waals surface area contributed by atoms with Crippen LogP contribution in [0.5, 0.6) is 5.75 Å². The second kappa shape index (κ2) is 13.9. The molecule has 0 aromatic heterocycles. The van der Waals surface area contributed by atoms with E-state index in [0.717, 1.165) is 38.8 Å². The SMILES string of the molecule is CN=C(NC#N)NCC(=O)N1CCCC[C@@H]1C(=O)Nc1ccc(OC2CCN(c3ccccc3C)CC2)c(Cl)c1. The maximum absolute atomic E-state index is 13.2. The van der Waals surface area contributed by atoms with E-state index >= 15 is 0 Å². The monoisotopic (exact) mass is 565 g/mol. The molecule has 10 nitrogen and oxygen atoms in total. The first kappa shape index (κ1) is 29.0. The van der Waals surface area contributed by atoms with Crippen molar-refractivity contribution in [2.45, 2.75) is 51.2 Å². The number of likely N-dealkylation sites (tertiary alicyclic amines) is 1. The molecule has 2 saturated heterocycles. The van der Waals surface area contributed by atoms with E-state index in [1.54, 1.807) is 29.3 Å². The maximum Gasteiger partial charge on any atom is 0.247 e. The summed E-state index contributed by atoms with van der Waals surface area (Å²) < 4.78 is 6.23. The number of carbonyl (C=O) groups excluding carboxylic acids is 2. The van der Waals surface area contributed by atoms with Gasteiger partial charge in [-0.1, -0.05) is 29.8 Å². The number of hydrogen-bond acceptors (Lipinski definition) is 6. The fourth-order valence-electron chi connectivity index (χ4n) is 5.21. The summed E-state index contributed by atoms with van der Waals surface area (Å²) in [6, 6.07) is 13.1. The molecule has 4 rings (SSSR count). The number of nitrogens with one attached hydrogen (secondary N) is 3. The van der Waals surface area contributed by atoms with Crippen LogP contribution in [0.25, 0.3) is 0 Å². The number of benzene rings is 2. The first-order chi connectivity index (χ1) is 19.4. The van der Waals surface area contributed by atoms with Crippen LogP contribution in [0, 0.1) is 18.4 Å². The van der Waals surface area contributed by atoms with Gasteiger partial charge in [0.2, 0.25) is 17.8 Å². The Morgan fingerprint density at radius 3 is 2.60 bits per heavy atom. The van der Waals surface area contributed by atoms with Crippen LogP contribution in [-0.4, -0.2) is 68.0 Å². The summed E-state index contributed by atoms with van der Waals surface area (Å²) >= 11 is 6.55. The number of nitrogens with zero attached hydrogens (tertiary/aromatic N) is 4. The highest BCUT2D eigenvalue weighted by Crippen LogP contribution is 2.32. The molecule has 0 saturated carbocycles. The van der Waals surface area contributed by atoms with Gasteiger partial charge in [0.25, 0.3) is 0 Å². The number of ether oxygens (including phenoxy) is 1. The minimum Gasteiger partial charge on any atom is -0.489 e. The average molecular weight is 566 g/mol. The predicted molar refractivity (Wildman–Crippen MR) is 157 cm³/mol. The van der Waals surface area contributed by atoms with Crippen LogP contribution in [-0.2, 0) is 9.59 Å². The molecule has 2 amide bonds. The lowest BCUT2D eigenvalue weighted by Gasteiger charge is -2.35. The second-order valence-electron chi connectivity index (χ2n) is 9.99. The van der Waals surface area contributed by atoms with Crippen molar-refractivity contribution in [3.05, 3.63) is 53.1 Å². The van der Waals surface area contributed by atoms with Gasteiger partial charge in [0.15, 0.2) is 6.19 Å². The number of amides is 2. The topological polar surface area (TPSA) is 122 Å². The Labute approximate surface area is 240 Å². The molecule has 0 bridgehead atoms. The first-order valence-corrected chi connectivity index (χ1v) is 14.0. The maximum atomic E-state index is 13.2. The van der Waals surface area contributed by atoms with Gasteiger partial charge in [-0.2, -0.15) is 5.26 Å². The minimum atomic E-state index is -0.595. The molecule has 212 valence electrons. The molecule has 11 heteroatoms. The second-order valence-corrected chi connectivity index (χ2v) is 10.4. The van der Waals surface area contributed by atoms with Crippen LogP contribution < -0.4 is 25.6 Å². The van der Waals surface area contributed by atoms with Crippen molar-refractivity contribution in [3.8, 4) is 11.9 Å². The van der Waals surface area contributed by atoms with Crippen molar-refractivity contribution in [1.82, 2.24) is 15.5 Å². The highest BCUT2D eigenvalue weighted by molar-refractivity contribution is 6.32. The number of para-hydroxylation sites is 1. The van der Waals surface area contributed by atoms with Crippen molar-refractivity contribution in [2.75, 3.05) is 43.4 Å². The number of rotatable bonds is 7. The average Bonchev–Trinajstić information content (AvgIpc) is 2.97. The lowest BCUT2D eigenvalue weighted by molar-refractivity contribution is -0.139. The Bertz CT molecular complexity index is 1270. The van der Waals surface area contributed by atoms with Crippen LogP contribution in [0.1, 0.15) is 37.7 Å². The number of carbonyl (C=O) groups is 2. The van der Waals surface area contributed by atoms with Crippen molar-refractivity contribution in [1.29, 1.82) is 5.26 Å². The first-order valence-electron chi connectivity index (χ1n) is 13.6. The molecular formula is C29H36ClN7O3. The number of aryl methyl sites for hydroxylation is 1. The molecule has 0 spiro atoms. The largest absolute Gasteiger partial charge is 0.489 e. The van der Waals surface area contributed by atoms with E-state index in [1.807, 2.05) is 0 Å². The molecule has 0 radical (unpaired) electrons. The normalized spacial score (nSPS) is 18.1. The molecule has 2 aromatic carbocycles. The number of aliphatic imine (C=N–C) groups is 1. The molecule has 1 atom stereocenters. The van der Waals surface area contributed by atoms with Gasteiger partial charge in [-0.25, -0.2) is 0 Å². The zero-order valence-corrected chi connectivity index (χ0v) is 23.7. The molecule has 2 aliphatic rings. The summed E-state index contributed by atoms with van der Waals surface area (Å²) in [6.07, 6.45) is 5.85. The standard InChI is InChI=1S/C29H36ClN7O3/c1-20-7-3-4-8-24(20)36-15-12-22(13-16-36)40-26-11-10-21(17-23(26)30)35-28(39)25-9-5-6-14-37(25)27(38)18-33-29(32-2)34-19-31/h3-4,7-8,10-11,17,22,25H,5-6,9,12-16,18H2,1-2H3,(H,35,39)(H2,32,33,34)/t25-/m1/s1. The Balaban J connectivity index is 1.31. The van der Waals surface area contributed by atoms with Gasteiger partial charge >= 0.3 is 0 Å². The number of halogens is 1. The van der Waals surface area contributed by atoms with Crippen LogP contribution in [0.4, 0.5) is 11.4 Å². The van der Waals surface area contributed by atoms with Gasteiger partial charge in [0.05, 0.1) is 11.6 Å². The highest BCUT2D eigenvalue weighted by atomic mass is 35.5. The van der Waals surface area contributed by atoms with E-state index in [1.165, 1.54) is 18.3 Å². The number of piperidine rings is 2. The summed E-state index contributed by atoms with van der Waals surface area (Å²) in [5.41, 5.74) is 3.09. The van der Waals surface area contributed by atoms with Crippen molar-refractivity contribution in [2.24, 2.45) is 4.99 Å². The van der Waals surface area contributed by atoms with Gasteiger partial charge in [0, 0.05) is 50.9 Å². The minimum absolute atomic E-state index is 0.0651. The van der Waals surface area contributed by atoms with Crippen molar-refractivity contribution in [3.63, 3.8) is 0 Å². The molecule has 2 aromatic rings. The van der Waals surface area contributed by atoms with Gasteiger partial charge in [-0.15, -0.1) is 0 Å². The Hall–Kier alpha value is -3.97. The van der Waals surface area contributed by atoms with E-state index in [-0.39, 0.29) is 30.4 Å². The summed E-state index contributed by atoms with van der Waals surface area (Å²) in [5, 5.41) is 17.3. The molecule has 0 unspecified atom stereocenters. The summed E-state index contributed by atoms with van der Waals surface area (Å²) in [4.78, 5) is 33.9. The fraction of sp³-hybridized carbons (Fsp3) is 0.448. The predicted octanol–water partition coefficient (Wildman–Crippen LogP) is 3.66. The van der Waals surface area contributed by atoms with Crippen LogP contribution in [0.3, 0.4) is 0 Å². The van der Waals surface area contributed by atoms with E-state index < -0.39 is 6.04 Å². The zero-order chi connectivity index (χ0) is 28.5. The van der Waals surface area contributed by atoms with Crippen molar-refractivity contribution < 1.29 is 14.3 Å². The van der Waals surface area contributed by atoms with Gasteiger partial charge in [-0.05, 0) is 56.0 Å². The molecule has 2 heterocycles. The fourth-order valence-corrected chi connectivity index (χ4v) is 5.43. The third-order valence-corrected chi connectivity index (χ3v) is 7.62. The van der Waals surface area contributed by atoms with Crippen molar-refractivity contribution >= 4 is 40.7 Å². The number of nitriles is 1. The van der Waals surface area contributed by atoms with E-state index in [2.05, 4.69) is 57.0 Å². The summed E-state index contributed by atoms with van der Waals surface area (Å²) in [7, 11) is 1.51. The van der Waals surface area contributed by atoms with Crippen LogP contribution >= 0.6 is 11.6 Å². The van der Waals surface area contributed by atoms with E-state index in [9.17, 15) is 9.59 Å². The summed E-state index contributed by atoms with van der Waals surface area (Å²) in [5.74, 6) is 0.286. The molecular weight excluding hydrogens is 530 g/mol. The summed E-state index contributed by atoms with van der Waals surface area (Å²) in [6.45, 7) is 4.36. The quantitative estimate of drug-likeness (QED) is 0.203. The third kappa shape index (κ3) is 7.36. The third-order valence-electron chi connectivity index (χ3n) is 7.32. The van der Waals surface area contributed by atoms with Crippen LogP contribution in [0.2, 0.25) is 5.02 Å². The Morgan fingerprint density at radius 2 is 1.90 bits per heavy atom. The lowest BCUT2D eigenvalue weighted by atomic mass is 10.0. The van der Waals surface area contributed by atoms with Crippen LogP contribution in [0.15, 0.2) is 47.5 Å². The molecule has 2 aliphatic heterocycles. The van der Waals surface area contributed by atoms with E-state index in [0.29, 0.717) is 29.4 Å². The number of anilines is 2. The number of hydrogen-bond donors (Lipinski definition) is 3. The zero-order valence-electron chi connectivity index (χ0n) is 23.0. The molecule has 0 aliphatic carbocycles. The Kier molecular flexibility index (Phi) is 10.1.